The van der Waals surface area contributed by atoms with Crippen molar-refractivity contribution in [3.05, 3.63) is 35.1 Å². The molecule has 0 aromatic heterocycles. The molecule has 0 amide bonds. The van der Waals surface area contributed by atoms with Gasteiger partial charge in [-0.15, -0.1) is 0 Å². The lowest BCUT2D eigenvalue weighted by Gasteiger charge is -2.61. The topological polar surface area (TPSA) is 156 Å². The maximum absolute atomic E-state index is 13.8. The number of carbonyl (C=O) groups is 4. The average Bonchev–Trinajstić information content (AvgIpc) is 3.26. The van der Waals surface area contributed by atoms with Crippen molar-refractivity contribution in [3.8, 4) is 11.5 Å². The third-order valence-corrected chi connectivity index (χ3v) is 8.80. The smallest absolute Gasteiger partial charge is 0.477 e. The highest BCUT2D eigenvalue weighted by Gasteiger charge is 2.72. The quantitative estimate of drug-likeness (QED) is 0.248. The van der Waals surface area contributed by atoms with Crippen molar-refractivity contribution in [2.24, 2.45) is 0 Å². The molecule has 2 aliphatic carbocycles. The molecule has 0 saturated carbocycles. The highest BCUT2D eigenvalue weighted by Crippen LogP contribution is 2.65. The number of rotatable bonds is 6. The monoisotopic (exact) mass is 673 g/mol. The molecule has 13 heteroatoms. The van der Waals surface area contributed by atoms with Gasteiger partial charge in [0.1, 0.15) is 22.6 Å². The normalized spacial score (nSPS) is 26.6. The Morgan fingerprint density at radius 3 is 2.19 bits per heavy atom. The van der Waals surface area contributed by atoms with E-state index < -0.39 is 70.7 Å². The van der Waals surface area contributed by atoms with Gasteiger partial charge in [-0.2, -0.15) is 0 Å². The van der Waals surface area contributed by atoms with Crippen LogP contribution in [0.15, 0.2) is 24.0 Å². The van der Waals surface area contributed by atoms with E-state index in [4.69, 9.17) is 33.2 Å². The second-order valence-corrected chi connectivity index (χ2v) is 15.9. The van der Waals surface area contributed by atoms with Gasteiger partial charge in [0.15, 0.2) is 17.6 Å². The summed E-state index contributed by atoms with van der Waals surface area (Å²) in [4.78, 5) is 54.1. The number of ether oxygens (including phenoxy) is 7. The van der Waals surface area contributed by atoms with Gasteiger partial charge < -0.3 is 43.2 Å². The molecule has 5 atom stereocenters. The summed E-state index contributed by atoms with van der Waals surface area (Å²) < 4.78 is 39.4. The first-order valence-corrected chi connectivity index (χ1v) is 16.2. The lowest BCUT2D eigenvalue weighted by Crippen LogP contribution is -2.74. The average molecular weight is 674 g/mol. The summed E-state index contributed by atoms with van der Waals surface area (Å²) in [5, 5.41) is 12.5. The minimum absolute atomic E-state index is 0.0715. The van der Waals surface area contributed by atoms with Gasteiger partial charge in [-0.3, -0.25) is 4.79 Å². The third kappa shape index (κ3) is 6.71. The molecule has 5 rings (SSSR count). The molecule has 4 aliphatic rings. The summed E-state index contributed by atoms with van der Waals surface area (Å²) in [6, 6.07) is 3.21. The fraction of sp³-hybridized carbons (Fsp3) is 0.657. The van der Waals surface area contributed by atoms with Gasteiger partial charge >= 0.3 is 24.2 Å². The molecule has 1 saturated heterocycles. The van der Waals surface area contributed by atoms with Crippen molar-refractivity contribution in [1.29, 1.82) is 0 Å². The van der Waals surface area contributed by atoms with Crippen LogP contribution in [-0.4, -0.2) is 88.5 Å². The van der Waals surface area contributed by atoms with Crippen LogP contribution < -0.4 is 9.47 Å². The van der Waals surface area contributed by atoms with E-state index in [2.05, 4.69) is 4.90 Å². The van der Waals surface area contributed by atoms with E-state index in [1.54, 1.807) is 74.5 Å². The minimum Gasteiger partial charge on any atom is -0.477 e. The maximum atomic E-state index is 13.8. The van der Waals surface area contributed by atoms with E-state index in [9.17, 15) is 24.3 Å². The van der Waals surface area contributed by atoms with Gasteiger partial charge in [0.25, 0.3) is 0 Å². The van der Waals surface area contributed by atoms with Crippen LogP contribution in [0.1, 0.15) is 92.7 Å². The zero-order chi connectivity index (χ0) is 35.6. The molecular weight excluding hydrogens is 626 g/mol. The predicted octanol–water partition coefficient (Wildman–Crippen LogP) is 4.87. The zero-order valence-electron chi connectivity index (χ0n) is 29.4. The molecule has 48 heavy (non-hydrogen) atoms. The van der Waals surface area contributed by atoms with Crippen LogP contribution in [0.5, 0.6) is 11.5 Å². The van der Waals surface area contributed by atoms with Crippen molar-refractivity contribution < 1.29 is 57.4 Å². The van der Waals surface area contributed by atoms with Crippen LogP contribution in [0, 0.1) is 0 Å². The summed E-state index contributed by atoms with van der Waals surface area (Å²) in [5.74, 6) is -1.41. The van der Waals surface area contributed by atoms with Crippen molar-refractivity contribution in [2.45, 2.75) is 134 Å². The molecule has 264 valence electrons. The maximum Gasteiger partial charge on any atom is 0.514 e. The van der Waals surface area contributed by atoms with Crippen LogP contribution in [0.4, 0.5) is 9.59 Å². The molecule has 1 spiro atoms. The number of piperidine rings is 1. The van der Waals surface area contributed by atoms with Gasteiger partial charge in [0.2, 0.25) is 6.10 Å². The molecule has 13 nitrogen and oxygen atoms in total. The number of nitrogens with zero attached hydrogens (tertiary/aromatic N) is 1. The zero-order valence-corrected chi connectivity index (χ0v) is 29.4. The largest absolute Gasteiger partial charge is 0.514 e. The summed E-state index contributed by atoms with van der Waals surface area (Å²) in [6.07, 6.45) is -2.79. The van der Waals surface area contributed by atoms with E-state index in [0.717, 1.165) is 5.56 Å². The van der Waals surface area contributed by atoms with E-state index in [-0.39, 0.29) is 29.7 Å². The van der Waals surface area contributed by atoms with Crippen LogP contribution in [-0.2, 0) is 45.1 Å². The summed E-state index contributed by atoms with van der Waals surface area (Å²) in [5.41, 5.74) is -3.39. The predicted molar refractivity (Wildman–Crippen MR) is 169 cm³/mol. The summed E-state index contributed by atoms with van der Waals surface area (Å²) in [6.45, 7) is 15.7. The van der Waals surface area contributed by atoms with Crippen LogP contribution in [0.25, 0.3) is 0 Å². The number of benzene rings is 1. The highest BCUT2D eigenvalue weighted by molar-refractivity contribution is 5.84. The van der Waals surface area contributed by atoms with Crippen LogP contribution in [0.2, 0.25) is 0 Å². The number of hydrogen-bond acceptors (Lipinski definition) is 13. The van der Waals surface area contributed by atoms with Gasteiger partial charge in [-0.1, -0.05) is 6.07 Å². The Bertz CT molecular complexity index is 1500. The molecule has 1 aromatic rings. The molecule has 2 aliphatic heterocycles. The lowest BCUT2D eigenvalue weighted by atomic mass is 9.50. The lowest BCUT2D eigenvalue weighted by molar-refractivity contribution is -0.175. The van der Waals surface area contributed by atoms with E-state index >= 15 is 0 Å². The van der Waals surface area contributed by atoms with Gasteiger partial charge in [-0.25, -0.2) is 14.4 Å². The number of aliphatic hydroxyl groups is 1. The first-order valence-electron chi connectivity index (χ1n) is 16.2. The fourth-order valence-corrected chi connectivity index (χ4v) is 7.15. The number of esters is 2. The van der Waals surface area contributed by atoms with E-state index in [0.29, 0.717) is 24.9 Å². The third-order valence-electron chi connectivity index (χ3n) is 8.80. The van der Waals surface area contributed by atoms with Crippen molar-refractivity contribution in [2.75, 3.05) is 13.6 Å². The number of hydrogen-bond donors (Lipinski definition) is 1. The van der Waals surface area contributed by atoms with Gasteiger partial charge in [0, 0.05) is 18.0 Å². The molecule has 1 fully saturated rings. The highest BCUT2D eigenvalue weighted by atomic mass is 16.7. The second kappa shape index (κ2) is 11.9. The number of likely N-dealkylation sites (N-methyl/N-ethyl adjacent to an activating group) is 1. The van der Waals surface area contributed by atoms with E-state index in [1.807, 2.05) is 13.1 Å². The Hall–Kier alpha value is -3.84. The molecule has 1 unspecified atom stereocenters. The standard InChI is InChI=1S/C35H47NO12/c1-31(2,3)46-24(37)18-22(44-30(40)48-33(7,8)9)28(38)42-21-13-14-35(41)23-17-19-11-12-20(43-29(39)47-32(4,5)6)26-25(19)34(35,27(21)45-26)15-16-36(23)10/h11-13,22-23,27,41H,14-18H2,1-10H3/t22?,23-,27+,34+,35-/m1/s1. The van der Waals surface area contributed by atoms with Crippen molar-refractivity contribution in [3.63, 3.8) is 0 Å². The van der Waals surface area contributed by atoms with Gasteiger partial charge in [-0.05, 0) is 106 Å². The molecule has 0 radical (unpaired) electrons. The summed E-state index contributed by atoms with van der Waals surface area (Å²) in [7, 11) is 1.96. The van der Waals surface area contributed by atoms with Crippen LogP contribution in [0.3, 0.4) is 0 Å². The SMILES string of the molecule is CN1CC[C@]23c4c5ccc(OC(=O)OC(C)(C)C)c4O[C@H]2C(OC(=O)C(CC(=O)OC(C)(C)C)OC(=O)OC(C)(C)C)=CC[C@@]3(O)[C@H]1C5. The Labute approximate surface area is 280 Å². The van der Waals surface area contributed by atoms with E-state index in [1.165, 1.54) is 0 Å². The first-order chi connectivity index (χ1) is 22.0. The molecule has 2 bridgehead atoms. The molecular formula is C35H47NO12. The second-order valence-electron chi connectivity index (χ2n) is 15.9. The van der Waals surface area contributed by atoms with Gasteiger partial charge in [0.05, 0.1) is 17.4 Å². The molecule has 1 aromatic carbocycles. The number of carbonyl (C=O) groups excluding carboxylic acids is 4. The van der Waals surface area contributed by atoms with Crippen molar-refractivity contribution in [1.82, 2.24) is 4.90 Å². The van der Waals surface area contributed by atoms with Crippen molar-refractivity contribution >= 4 is 24.2 Å². The summed E-state index contributed by atoms with van der Waals surface area (Å²) >= 11 is 0. The Kier molecular flexibility index (Phi) is 8.82. The molecule has 2 heterocycles. The Morgan fingerprint density at radius 2 is 1.56 bits per heavy atom. The molecule has 1 N–H and O–H groups in total. The minimum atomic E-state index is -1.71. The Balaban J connectivity index is 1.49. The fourth-order valence-electron chi connectivity index (χ4n) is 7.15. The first kappa shape index (κ1) is 35.5. The number of likely N-dealkylation sites (tertiary alicyclic amines) is 1. The van der Waals surface area contributed by atoms with Crippen LogP contribution >= 0.6 is 0 Å². The Morgan fingerprint density at radius 1 is 0.938 bits per heavy atom.